The molecule has 0 radical (unpaired) electrons. The van der Waals surface area contributed by atoms with E-state index in [2.05, 4.69) is 0 Å². The molecule has 3 N–H and O–H groups in total. The van der Waals surface area contributed by atoms with Crippen molar-refractivity contribution in [2.24, 2.45) is 11.1 Å². The average molecular weight is 267 g/mol. The molecule has 0 amide bonds. The molecule has 0 spiro atoms. The van der Waals surface area contributed by atoms with E-state index in [0.29, 0.717) is 0 Å². The summed E-state index contributed by atoms with van der Waals surface area (Å²) in [5.41, 5.74) is 5.45. The standard InChI is InChI=1S/C9H14N2O3S.ClH/c1-9(2,5-12)8(10)6-3-4-7(15-6)11(13)14;/h3-4,8,12H,5,10H2,1-2H3;1H/t8-;/m1./s1. The lowest BCUT2D eigenvalue weighted by Gasteiger charge is -2.28. The summed E-state index contributed by atoms with van der Waals surface area (Å²) in [7, 11) is 0. The summed E-state index contributed by atoms with van der Waals surface area (Å²) in [5.74, 6) is 0. The maximum Gasteiger partial charge on any atom is 0.324 e. The Morgan fingerprint density at radius 3 is 2.56 bits per heavy atom. The highest BCUT2D eigenvalue weighted by molar-refractivity contribution is 7.15. The van der Waals surface area contributed by atoms with Gasteiger partial charge in [-0.15, -0.1) is 12.4 Å². The number of hydrogen-bond acceptors (Lipinski definition) is 5. The lowest BCUT2D eigenvalue weighted by molar-refractivity contribution is -0.380. The van der Waals surface area contributed by atoms with Gasteiger partial charge in [0.15, 0.2) is 0 Å². The van der Waals surface area contributed by atoms with Crippen LogP contribution in [-0.4, -0.2) is 16.6 Å². The van der Waals surface area contributed by atoms with Crippen molar-refractivity contribution < 1.29 is 10.0 Å². The molecule has 1 atom stereocenters. The van der Waals surface area contributed by atoms with Gasteiger partial charge in [-0.25, -0.2) is 0 Å². The molecule has 1 aromatic rings. The van der Waals surface area contributed by atoms with E-state index in [1.165, 1.54) is 6.07 Å². The van der Waals surface area contributed by atoms with Crippen molar-refractivity contribution in [1.29, 1.82) is 0 Å². The topological polar surface area (TPSA) is 89.4 Å². The molecule has 0 fully saturated rings. The zero-order chi connectivity index (χ0) is 11.6. The molecule has 16 heavy (non-hydrogen) atoms. The Balaban J connectivity index is 0.00000225. The van der Waals surface area contributed by atoms with Gasteiger partial charge < -0.3 is 10.8 Å². The molecule has 92 valence electrons. The maximum atomic E-state index is 10.5. The summed E-state index contributed by atoms with van der Waals surface area (Å²) in [5, 5.41) is 19.7. The van der Waals surface area contributed by atoms with Crippen LogP contribution in [0.4, 0.5) is 5.00 Å². The van der Waals surface area contributed by atoms with E-state index in [1.807, 2.05) is 13.8 Å². The normalized spacial score (nSPS) is 13.0. The Labute approximate surface area is 104 Å². The van der Waals surface area contributed by atoms with Crippen LogP contribution in [0.3, 0.4) is 0 Å². The monoisotopic (exact) mass is 266 g/mol. The van der Waals surface area contributed by atoms with Gasteiger partial charge in [-0.05, 0) is 6.07 Å². The number of aliphatic hydroxyl groups excluding tert-OH is 1. The number of nitrogens with zero attached hydrogens (tertiary/aromatic N) is 1. The number of thiophene rings is 1. The highest BCUT2D eigenvalue weighted by Crippen LogP contribution is 2.36. The number of rotatable bonds is 4. The molecule has 1 rings (SSSR count). The molecule has 0 bridgehead atoms. The number of nitrogens with two attached hydrogens (primary N) is 1. The Bertz CT molecular complexity index is 367. The van der Waals surface area contributed by atoms with Gasteiger partial charge in [0, 0.05) is 22.4 Å². The minimum Gasteiger partial charge on any atom is -0.396 e. The molecular weight excluding hydrogens is 252 g/mol. The first kappa shape index (κ1) is 15.3. The third kappa shape index (κ3) is 3.15. The highest BCUT2D eigenvalue weighted by atomic mass is 35.5. The second kappa shape index (κ2) is 5.58. The van der Waals surface area contributed by atoms with Gasteiger partial charge in [0.25, 0.3) is 0 Å². The first-order chi connectivity index (χ1) is 6.88. The molecule has 0 unspecified atom stereocenters. The van der Waals surface area contributed by atoms with Crippen LogP contribution in [0.2, 0.25) is 0 Å². The lowest BCUT2D eigenvalue weighted by atomic mass is 9.85. The van der Waals surface area contributed by atoms with E-state index >= 15 is 0 Å². The van der Waals surface area contributed by atoms with E-state index in [0.717, 1.165) is 16.2 Å². The second-order valence-electron chi connectivity index (χ2n) is 4.06. The van der Waals surface area contributed by atoms with Crippen LogP contribution in [0.15, 0.2) is 12.1 Å². The summed E-state index contributed by atoms with van der Waals surface area (Å²) in [6.45, 7) is 3.59. The molecule has 0 aliphatic rings. The van der Waals surface area contributed by atoms with Crippen LogP contribution < -0.4 is 5.73 Å². The van der Waals surface area contributed by atoms with E-state index in [-0.39, 0.29) is 30.1 Å². The van der Waals surface area contributed by atoms with Crippen LogP contribution in [0.1, 0.15) is 24.8 Å². The minimum absolute atomic E-state index is 0. The molecule has 7 heteroatoms. The summed E-state index contributed by atoms with van der Waals surface area (Å²) >= 11 is 1.06. The first-order valence-corrected chi connectivity index (χ1v) is 5.30. The molecular formula is C9H15ClN2O3S. The summed E-state index contributed by atoms with van der Waals surface area (Å²) in [4.78, 5) is 10.8. The summed E-state index contributed by atoms with van der Waals surface area (Å²) in [6.07, 6.45) is 0. The Kier molecular flexibility index (Phi) is 5.34. The molecule has 1 aromatic heterocycles. The van der Waals surface area contributed by atoms with Crippen LogP contribution in [0.5, 0.6) is 0 Å². The minimum atomic E-state index is -0.473. The van der Waals surface area contributed by atoms with Crippen LogP contribution in [0.25, 0.3) is 0 Å². The fourth-order valence-corrected chi connectivity index (χ4v) is 2.13. The van der Waals surface area contributed by atoms with Gasteiger partial charge >= 0.3 is 5.00 Å². The molecule has 0 aliphatic heterocycles. The van der Waals surface area contributed by atoms with E-state index in [9.17, 15) is 10.1 Å². The predicted octanol–water partition coefficient (Wildman–Crippen LogP) is 2.10. The van der Waals surface area contributed by atoms with E-state index in [1.54, 1.807) is 6.07 Å². The smallest absolute Gasteiger partial charge is 0.324 e. The van der Waals surface area contributed by atoms with E-state index < -0.39 is 10.3 Å². The molecule has 0 aromatic carbocycles. The average Bonchev–Trinajstić information content (AvgIpc) is 2.65. The van der Waals surface area contributed by atoms with Crippen LogP contribution >= 0.6 is 23.7 Å². The molecule has 0 saturated heterocycles. The number of halogens is 1. The first-order valence-electron chi connectivity index (χ1n) is 4.49. The van der Waals surface area contributed by atoms with Crippen molar-refractivity contribution in [1.82, 2.24) is 0 Å². The Morgan fingerprint density at radius 1 is 1.62 bits per heavy atom. The van der Waals surface area contributed by atoms with Gasteiger partial charge in [0.1, 0.15) is 0 Å². The summed E-state index contributed by atoms with van der Waals surface area (Å²) < 4.78 is 0. The van der Waals surface area contributed by atoms with Gasteiger partial charge in [-0.3, -0.25) is 10.1 Å². The largest absolute Gasteiger partial charge is 0.396 e. The third-order valence-electron chi connectivity index (χ3n) is 2.35. The van der Waals surface area contributed by atoms with Crippen molar-refractivity contribution in [3.05, 3.63) is 27.1 Å². The Morgan fingerprint density at radius 2 is 2.19 bits per heavy atom. The van der Waals surface area contributed by atoms with Gasteiger partial charge in [-0.2, -0.15) is 0 Å². The molecule has 0 saturated carbocycles. The van der Waals surface area contributed by atoms with Crippen molar-refractivity contribution in [3.63, 3.8) is 0 Å². The predicted molar refractivity (Wildman–Crippen MR) is 66.0 cm³/mol. The maximum absolute atomic E-state index is 10.5. The van der Waals surface area contributed by atoms with E-state index in [4.69, 9.17) is 10.8 Å². The SMILES string of the molecule is CC(C)(CO)[C@H](N)c1ccc([N+](=O)[O-])s1.Cl. The number of hydrogen-bond donors (Lipinski definition) is 2. The number of aliphatic hydroxyl groups is 1. The second-order valence-corrected chi connectivity index (χ2v) is 5.15. The molecule has 5 nitrogen and oxygen atoms in total. The quantitative estimate of drug-likeness (QED) is 0.645. The van der Waals surface area contributed by atoms with Crippen LogP contribution in [-0.2, 0) is 0 Å². The zero-order valence-corrected chi connectivity index (χ0v) is 10.7. The zero-order valence-electron chi connectivity index (χ0n) is 9.04. The fraction of sp³-hybridized carbons (Fsp3) is 0.556. The van der Waals surface area contributed by atoms with Crippen molar-refractivity contribution in [2.75, 3.05) is 6.61 Å². The van der Waals surface area contributed by atoms with Crippen LogP contribution in [0, 0.1) is 15.5 Å². The fourth-order valence-electron chi connectivity index (χ4n) is 1.09. The summed E-state index contributed by atoms with van der Waals surface area (Å²) in [6, 6.07) is 2.69. The van der Waals surface area contributed by atoms with Crippen molar-refractivity contribution >= 4 is 28.7 Å². The molecule has 1 heterocycles. The van der Waals surface area contributed by atoms with Gasteiger partial charge in [0.2, 0.25) is 0 Å². The van der Waals surface area contributed by atoms with Gasteiger partial charge in [-0.1, -0.05) is 25.2 Å². The molecule has 0 aliphatic carbocycles. The van der Waals surface area contributed by atoms with Crippen molar-refractivity contribution in [2.45, 2.75) is 19.9 Å². The van der Waals surface area contributed by atoms with Crippen molar-refractivity contribution in [3.8, 4) is 0 Å². The lowest BCUT2D eigenvalue weighted by Crippen LogP contribution is -2.31. The van der Waals surface area contributed by atoms with Gasteiger partial charge in [0.05, 0.1) is 11.5 Å². The highest BCUT2D eigenvalue weighted by Gasteiger charge is 2.29. The third-order valence-corrected chi connectivity index (χ3v) is 3.47. The number of nitro groups is 1. The Hall–Kier alpha value is -0.690.